The zero-order chi connectivity index (χ0) is 8.27. The van der Waals surface area contributed by atoms with Crippen LogP contribution in [0.15, 0.2) is 5.16 Å². The summed E-state index contributed by atoms with van der Waals surface area (Å²) in [7, 11) is 1.76. The summed E-state index contributed by atoms with van der Waals surface area (Å²) in [6.45, 7) is 0. The van der Waals surface area contributed by atoms with Crippen LogP contribution in [-0.2, 0) is 7.05 Å². The molecule has 1 heterocycles. The predicted molar refractivity (Wildman–Crippen MR) is 45.0 cm³/mol. The molecule has 0 atom stereocenters. The molecule has 0 radical (unpaired) electrons. The van der Waals surface area contributed by atoms with Gasteiger partial charge in [0.15, 0.2) is 0 Å². The first-order valence-corrected chi connectivity index (χ1v) is 4.69. The normalized spacial score (nSPS) is 10.9. The first-order valence-electron chi connectivity index (χ1n) is 2.83. The molecule has 62 valence electrons. The van der Waals surface area contributed by atoms with Crippen molar-refractivity contribution in [3.8, 4) is 0 Å². The van der Waals surface area contributed by atoms with E-state index in [0.29, 0.717) is 5.75 Å². The average Bonchev–Trinajstić information content (AvgIpc) is 2.31. The maximum Gasteiger partial charge on any atom is 0.209 e. The molecule has 1 rings (SSSR count). The number of aryl methyl sites for hydroxylation is 1. The second-order valence-electron chi connectivity index (χ2n) is 1.79. The van der Waals surface area contributed by atoms with Gasteiger partial charge in [0.25, 0.3) is 0 Å². The van der Waals surface area contributed by atoms with E-state index in [-0.39, 0.29) is 4.84 Å². The van der Waals surface area contributed by atoms with E-state index in [1.165, 1.54) is 11.8 Å². The fourth-order valence-electron chi connectivity index (χ4n) is 0.481. The Morgan fingerprint density at radius 2 is 2.36 bits per heavy atom. The van der Waals surface area contributed by atoms with Gasteiger partial charge in [0.1, 0.15) is 4.84 Å². The van der Waals surface area contributed by atoms with Crippen molar-refractivity contribution < 1.29 is 0 Å². The van der Waals surface area contributed by atoms with E-state index >= 15 is 0 Å². The summed E-state index contributed by atoms with van der Waals surface area (Å²) >= 11 is 12.5. The zero-order valence-electron chi connectivity index (χ0n) is 5.74. The number of thioether (sulfide) groups is 1. The molecule has 0 aromatic carbocycles. The summed E-state index contributed by atoms with van der Waals surface area (Å²) in [5.41, 5.74) is 0. The Kier molecular flexibility index (Phi) is 3.42. The van der Waals surface area contributed by atoms with E-state index in [4.69, 9.17) is 23.2 Å². The second kappa shape index (κ2) is 4.13. The van der Waals surface area contributed by atoms with Crippen molar-refractivity contribution in [1.82, 2.24) is 20.2 Å². The van der Waals surface area contributed by atoms with Crippen LogP contribution < -0.4 is 0 Å². The Morgan fingerprint density at radius 3 is 2.82 bits per heavy atom. The lowest BCUT2D eigenvalue weighted by Gasteiger charge is -1.97. The van der Waals surface area contributed by atoms with Gasteiger partial charge in [-0.05, 0) is 10.4 Å². The van der Waals surface area contributed by atoms with E-state index in [2.05, 4.69) is 15.5 Å². The average molecular weight is 213 g/mol. The van der Waals surface area contributed by atoms with Gasteiger partial charge in [-0.15, -0.1) is 28.3 Å². The molecule has 0 saturated carbocycles. The molecule has 0 N–H and O–H groups in total. The summed E-state index contributed by atoms with van der Waals surface area (Å²) in [5, 5.41) is 11.6. The van der Waals surface area contributed by atoms with Gasteiger partial charge in [0, 0.05) is 12.8 Å². The molecule has 1 aromatic rings. The summed E-state index contributed by atoms with van der Waals surface area (Å²) < 4.78 is 1.57. The Bertz CT molecular complexity index is 226. The molecule has 4 nitrogen and oxygen atoms in total. The van der Waals surface area contributed by atoms with Gasteiger partial charge in [-0.2, -0.15) is 0 Å². The largest absolute Gasteiger partial charge is 0.224 e. The highest BCUT2D eigenvalue weighted by Crippen LogP contribution is 2.17. The van der Waals surface area contributed by atoms with Crippen LogP contribution in [-0.4, -0.2) is 30.8 Å². The molecule has 0 aliphatic heterocycles. The van der Waals surface area contributed by atoms with Crippen molar-refractivity contribution >= 4 is 35.0 Å². The van der Waals surface area contributed by atoms with Crippen LogP contribution in [0.5, 0.6) is 0 Å². The molecular formula is C4H6Cl2N4S. The van der Waals surface area contributed by atoms with Crippen LogP contribution in [0, 0.1) is 0 Å². The monoisotopic (exact) mass is 212 g/mol. The lowest BCUT2D eigenvalue weighted by molar-refractivity contribution is 0.664. The molecule has 0 fully saturated rings. The molecule has 0 spiro atoms. The number of hydrogen-bond acceptors (Lipinski definition) is 4. The maximum absolute atomic E-state index is 5.51. The van der Waals surface area contributed by atoms with Crippen LogP contribution in [0.2, 0.25) is 0 Å². The molecule has 0 bridgehead atoms. The van der Waals surface area contributed by atoms with Gasteiger partial charge in [0.2, 0.25) is 5.16 Å². The van der Waals surface area contributed by atoms with Crippen LogP contribution in [0.4, 0.5) is 0 Å². The number of rotatable bonds is 3. The number of aromatic nitrogens is 4. The summed E-state index contributed by atoms with van der Waals surface area (Å²) in [6.07, 6.45) is 0. The third-order valence-corrected chi connectivity index (χ3v) is 2.70. The van der Waals surface area contributed by atoms with Crippen molar-refractivity contribution in [2.45, 2.75) is 9.99 Å². The minimum absolute atomic E-state index is 0.378. The Balaban J connectivity index is 2.44. The molecule has 1 aromatic heterocycles. The first-order chi connectivity index (χ1) is 5.20. The van der Waals surface area contributed by atoms with E-state index in [1.807, 2.05) is 0 Å². The van der Waals surface area contributed by atoms with Crippen molar-refractivity contribution in [2.24, 2.45) is 7.05 Å². The predicted octanol–water partition coefficient (Wildman–Crippen LogP) is 1.11. The zero-order valence-corrected chi connectivity index (χ0v) is 8.07. The summed E-state index contributed by atoms with van der Waals surface area (Å²) in [4.78, 5) is -0.378. The number of nitrogens with zero attached hydrogens (tertiary/aromatic N) is 4. The quantitative estimate of drug-likeness (QED) is 0.557. The Hall–Kier alpha value is -0.000000000000000111. The smallest absolute Gasteiger partial charge is 0.209 e. The van der Waals surface area contributed by atoms with Crippen LogP contribution in [0.1, 0.15) is 0 Å². The molecule has 0 saturated heterocycles. The maximum atomic E-state index is 5.51. The minimum atomic E-state index is -0.378. The number of halogens is 2. The van der Waals surface area contributed by atoms with Crippen LogP contribution in [0.3, 0.4) is 0 Å². The molecule has 0 amide bonds. The van der Waals surface area contributed by atoms with Gasteiger partial charge >= 0.3 is 0 Å². The molecule has 0 unspecified atom stereocenters. The van der Waals surface area contributed by atoms with Gasteiger partial charge in [-0.25, -0.2) is 4.68 Å². The van der Waals surface area contributed by atoms with E-state index in [1.54, 1.807) is 11.7 Å². The standard InChI is InChI=1S/C4H6Cl2N4S/c1-10-4(7-8-9-10)11-2-3(5)6/h3H,2H2,1H3. The summed E-state index contributed by atoms with van der Waals surface area (Å²) in [6, 6.07) is 0. The number of hydrogen-bond donors (Lipinski definition) is 0. The van der Waals surface area contributed by atoms with E-state index in [0.717, 1.165) is 5.16 Å². The summed E-state index contributed by atoms with van der Waals surface area (Å²) in [5.74, 6) is 0.595. The topological polar surface area (TPSA) is 43.6 Å². The van der Waals surface area contributed by atoms with E-state index in [9.17, 15) is 0 Å². The lowest BCUT2D eigenvalue weighted by atomic mass is 10.9. The Labute approximate surface area is 78.2 Å². The lowest BCUT2D eigenvalue weighted by Crippen LogP contribution is -1.96. The third kappa shape index (κ3) is 2.84. The van der Waals surface area contributed by atoms with Gasteiger partial charge < -0.3 is 0 Å². The van der Waals surface area contributed by atoms with E-state index < -0.39 is 0 Å². The fraction of sp³-hybridized carbons (Fsp3) is 0.750. The van der Waals surface area contributed by atoms with Gasteiger partial charge in [-0.3, -0.25) is 0 Å². The molecule has 0 aliphatic carbocycles. The first kappa shape index (κ1) is 9.09. The van der Waals surface area contributed by atoms with Crippen LogP contribution >= 0.6 is 35.0 Å². The van der Waals surface area contributed by atoms with Crippen molar-refractivity contribution in [3.05, 3.63) is 0 Å². The highest BCUT2D eigenvalue weighted by atomic mass is 35.5. The van der Waals surface area contributed by atoms with Gasteiger partial charge in [0.05, 0.1) is 0 Å². The Morgan fingerprint density at radius 1 is 1.64 bits per heavy atom. The number of tetrazole rings is 1. The molecule has 11 heavy (non-hydrogen) atoms. The highest BCUT2D eigenvalue weighted by Gasteiger charge is 2.05. The molecular weight excluding hydrogens is 207 g/mol. The molecule has 7 heteroatoms. The van der Waals surface area contributed by atoms with Gasteiger partial charge in [-0.1, -0.05) is 11.8 Å². The van der Waals surface area contributed by atoms with Crippen molar-refractivity contribution in [1.29, 1.82) is 0 Å². The number of alkyl halides is 2. The third-order valence-electron chi connectivity index (χ3n) is 0.920. The van der Waals surface area contributed by atoms with Crippen LogP contribution in [0.25, 0.3) is 0 Å². The fourth-order valence-corrected chi connectivity index (χ4v) is 1.45. The minimum Gasteiger partial charge on any atom is -0.224 e. The molecule has 0 aliphatic rings. The second-order valence-corrected chi connectivity index (χ2v) is 4.05. The SMILES string of the molecule is Cn1nnnc1SCC(Cl)Cl. The van der Waals surface area contributed by atoms with Crippen molar-refractivity contribution in [3.63, 3.8) is 0 Å². The van der Waals surface area contributed by atoms with Crippen molar-refractivity contribution in [2.75, 3.05) is 5.75 Å². The highest BCUT2D eigenvalue weighted by molar-refractivity contribution is 7.99.